The topological polar surface area (TPSA) is 110 Å². The monoisotopic (exact) mass is 499 g/mol. The average Bonchev–Trinajstić information content (AvgIpc) is 2.86. The van der Waals surface area contributed by atoms with Crippen molar-refractivity contribution in [3.63, 3.8) is 0 Å². The fourth-order valence-corrected chi connectivity index (χ4v) is 4.28. The summed E-state index contributed by atoms with van der Waals surface area (Å²) in [6, 6.07) is -0.992. The third-order valence-electron chi connectivity index (χ3n) is 6.73. The van der Waals surface area contributed by atoms with E-state index in [4.69, 9.17) is 0 Å². The molecule has 208 valence electrons. The predicted molar refractivity (Wildman–Crippen MR) is 145 cm³/mol. The van der Waals surface area contributed by atoms with Crippen molar-refractivity contribution >= 4 is 5.91 Å². The number of aliphatic hydroxyl groups excluding tert-OH is 4. The van der Waals surface area contributed by atoms with E-state index in [1.54, 1.807) is 0 Å². The number of carbonyl (C=O) groups is 1. The van der Waals surface area contributed by atoms with E-state index >= 15 is 0 Å². The van der Waals surface area contributed by atoms with Crippen LogP contribution in [0.2, 0.25) is 0 Å². The van der Waals surface area contributed by atoms with Gasteiger partial charge in [0.25, 0.3) is 0 Å². The van der Waals surface area contributed by atoms with E-state index in [0.29, 0.717) is 12.8 Å². The molecular formula is C29H57NO5. The van der Waals surface area contributed by atoms with E-state index in [0.717, 1.165) is 38.5 Å². The van der Waals surface area contributed by atoms with Gasteiger partial charge in [0.1, 0.15) is 12.2 Å². The van der Waals surface area contributed by atoms with Crippen molar-refractivity contribution in [2.45, 2.75) is 160 Å². The molecule has 0 rings (SSSR count). The van der Waals surface area contributed by atoms with Crippen LogP contribution in [0.5, 0.6) is 0 Å². The highest BCUT2D eigenvalue weighted by Crippen LogP contribution is 2.13. The predicted octanol–water partition coefficient (Wildman–Crippen LogP) is 5.55. The zero-order valence-corrected chi connectivity index (χ0v) is 22.8. The first-order valence-electron chi connectivity index (χ1n) is 14.6. The summed E-state index contributed by atoms with van der Waals surface area (Å²) in [6.07, 6.45) is 21.0. The van der Waals surface area contributed by atoms with Gasteiger partial charge in [0, 0.05) is 0 Å². The Kier molecular flexibility index (Phi) is 24.1. The molecule has 0 radical (unpaired) electrons. The molecule has 0 aromatic heterocycles. The Hall–Kier alpha value is -0.950. The van der Waals surface area contributed by atoms with E-state index in [1.165, 1.54) is 70.6 Å². The third kappa shape index (κ3) is 19.9. The minimum absolute atomic E-state index is 0.364. The van der Waals surface area contributed by atoms with Gasteiger partial charge < -0.3 is 25.7 Å². The Morgan fingerprint density at radius 2 is 1.17 bits per heavy atom. The molecule has 6 nitrogen and oxygen atoms in total. The maximum absolute atomic E-state index is 12.3. The number of rotatable bonds is 25. The number of allylic oxidation sites excluding steroid dienone is 2. The van der Waals surface area contributed by atoms with Gasteiger partial charge in [-0.3, -0.25) is 4.79 Å². The molecule has 0 fully saturated rings. The molecule has 1 amide bonds. The first-order chi connectivity index (χ1) is 17.0. The Morgan fingerprint density at radius 3 is 1.71 bits per heavy atom. The number of hydrogen-bond acceptors (Lipinski definition) is 5. The van der Waals surface area contributed by atoms with E-state index < -0.39 is 36.9 Å². The van der Waals surface area contributed by atoms with Crippen LogP contribution in [0.4, 0.5) is 0 Å². The molecule has 0 aromatic rings. The standard InChI is InChI=1S/C29H57NO5/c1-3-5-7-9-11-13-14-15-17-18-20-22-26(32)28(34)25(24-31)30-29(35)27(33)23-21-19-16-12-10-8-6-4-2/h15,17,25-28,31-34H,3-14,16,18-24H2,1-2H3,(H,30,35)/b17-15+. The number of carbonyl (C=O) groups excluding carboxylic acids is 1. The minimum Gasteiger partial charge on any atom is -0.394 e. The van der Waals surface area contributed by atoms with Gasteiger partial charge in [-0.25, -0.2) is 0 Å². The van der Waals surface area contributed by atoms with E-state index in [-0.39, 0.29) is 0 Å². The molecule has 0 saturated heterocycles. The Labute approximate surface area is 215 Å². The fraction of sp³-hybridized carbons (Fsp3) is 0.897. The molecule has 0 aliphatic rings. The minimum atomic E-state index is -1.27. The summed E-state index contributed by atoms with van der Waals surface area (Å²) in [5.74, 6) is -0.601. The molecular weight excluding hydrogens is 442 g/mol. The lowest BCUT2D eigenvalue weighted by Gasteiger charge is -2.27. The van der Waals surface area contributed by atoms with Crippen LogP contribution in [0.15, 0.2) is 12.2 Å². The van der Waals surface area contributed by atoms with Crippen molar-refractivity contribution < 1.29 is 25.2 Å². The van der Waals surface area contributed by atoms with E-state index in [9.17, 15) is 25.2 Å². The average molecular weight is 500 g/mol. The molecule has 0 aliphatic heterocycles. The number of unbranched alkanes of at least 4 members (excludes halogenated alkanes) is 14. The Bertz CT molecular complexity index is 499. The second kappa shape index (κ2) is 24.7. The van der Waals surface area contributed by atoms with Gasteiger partial charge in [-0.1, -0.05) is 109 Å². The summed E-state index contributed by atoms with van der Waals surface area (Å²) in [5.41, 5.74) is 0. The lowest BCUT2D eigenvalue weighted by Crippen LogP contribution is -2.53. The van der Waals surface area contributed by atoms with Crippen LogP contribution in [0, 0.1) is 0 Å². The lowest BCUT2D eigenvalue weighted by atomic mass is 10.00. The van der Waals surface area contributed by atoms with Crippen LogP contribution in [0.1, 0.15) is 136 Å². The van der Waals surface area contributed by atoms with Crippen molar-refractivity contribution in [3.05, 3.63) is 12.2 Å². The van der Waals surface area contributed by atoms with Crippen LogP contribution < -0.4 is 5.32 Å². The van der Waals surface area contributed by atoms with E-state index in [2.05, 4.69) is 31.3 Å². The lowest BCUT2D eigenvalue weighted by molar-refractivity contribution is -0.132. The molecule has 4 unspecified atom stereocenters. The van der Waals surface area contributed by atoms with Crippen molar-refractivity contribution in [1.82, 2.24) is 5.32 Å². The maximum Gasteiger partial charge on any atom is 0.249 e. The summed E-state index contributed by atoms with van der Waals surface area (Å²) < 4.78 is 0. The van der Waals surface area contributed by atoms with Crippen molar-refractivity contribution in [2.75, 3.05) is 6.61 Å². The quantitative estimate of drug-likeness (QED) is 0.0835. The number of amides is 1. The van der Waals surface area contributed by atoms with Crippen molar-refractivity contribution in [2.24, 2.45) is 0 Å². The van der Waals surface area contributed by atoms with Gasteiger partial charge in [0.05, 0.1) is 18.8 Å². The summed E-state index contributed by atoms with van der Waals surface area (Å²) in [6.45, 7) is 3.93. The molecule has 0 bridgehead atoms. The summed E-state index contributed by atoms with van der Waals surface area (Å²) in [5, 5.41) is 42.9. The molecule has 0 aromatic carbocycles. The fourth-order valence-electron chi connectivity index (χ4n) is 4.28. The van der Waals surface area contributed by atoms with Crippen molar-refractivity contribution in [3.8, 4) is 0 Å². The first kappa shape index (κ1) is 34.0. The highest BCUT2D eigenvalue weighted by atomic mass is 16.3. The van der Waals surface area contributed by atoms with Crippen LogP contribution in [-0.4, -0.2) is 57.3 Å². The first-order valence-corrected chi connectivity index (χ1v) is 14.6. The molecule has 0 aliphatic carbocycles. The van der Waals surface area contributed by atoms with E-state index in [1.807, 2.05) is 0 Å². The molecule has 0 saturated carbocycles. The summed E-state index contributed by atoms with van der Waals surface area (Å²) in [4.78, 5) is 12.3. The summed E-state index contributed by atoms with van der Waals surface area (Å²) >= 11 is 0. The van der Waals surface area contributed by atoms with Gasteiger partial charge in [-0.2, -0.15) is 0 Å². The maximum atomic E-state index is 12.3. The van der Waals surface area contributed by atoms with Crippen LogP contribution in [-0.2, 0) is 4.79 Å². The van der Waals surface area contributed by atoms with Gasteiger partial charge >= 0.3 is 0 Å². The molecule has 6 heteroatoms. The SMILES string of the molecule is CCCCCCCC/C=C/CCCC(O)C(O)C(CO)NC(=O)C(O)CCCCCCCCCC. The molecule has 0 heterocycles. The smallest absolute Gasteiger partial charge is 0.249 e. The van der Waals surface area contributed by atoms with Gasteiger partial charge in [-0.15, -0.1) is 0 Å². The molecule has 4 atom stereocenters. The van der Waals surface area contributed by atoms with Crippen LogP contribution in [0.3, 0.4) is 0 Å². The van der Waals surface area contributed by atoms with Gasteiger partial charge in [0.2, 0.25) is 5.91 Å². The molecule has 35 heavy (non-hydrogen) atoms. The Morgan fingerprint density at radius 1 is 0.686 bits per heavy atom. The largest absolute Gasteiger partial charge is 0.394 e. The number of hydrogen-bond donors (Lipinski definition) is 5. The van der Waals surface area contributed by atoms with Crippen LogP contribution >= 0.6 is 0 Å². The van der Waals surface area contributed by atoms with Gasteiger partial charge in [-0.05, 0) is 38.5 Å². The normalized spacial score (nSPS) is 15.3. The highest BCUT2D eigenvalue weighted by Gasteiger charge is 2.28. The van der Waals surface area contributed by atoms with Crippen LogP contribution in [0.25, 0.3) is 0 Å². The third-order valence-corrected chi connectivity index (χ3v) is 6.73. The second-order valence-corrected chi connectivity index (χ2v) is 10.1. The second-order valence-electron chi connectivity index (χ2n) is 10.1. The zero-order chi connectivity index (χ0) is 26.2. The number of aliphatic hydroxyl groups is 4. The molecule has 0 spiro atoms. The number of nitrogens with one attached hydrogen (secondary N) is 1. The van der Waals surface area contributed by atoms with Gasteiger partial charge in [0.15, 0.2) is 0 Å². The Balaban J connectivity index is 4.00. The highest BCUT2D eigenvalue weighted by molar-refractivity contribution is 5.80. The van der Waals surface area contributed by atoms with Crippen molar-refractivity contribution in [1.29, 1.82) is 0 Å². The molecule has 5 N–H and O–H groups in total. The summed E-state index contributed by atoms with van der Waals surface area (Å²) in [7, 11) is 0. The zero-order valence-electron chi connectivity index (χ0n) is 22.8.